The third-order valence-electron chi connectivity index (χ3n) is 3.86. The molecule has 2 heterocycles. The summed E-state index contributed by atoms with van der Waals surface area (Å²) in [6.07, 6.45) is 3.60. The Labute approximate surface area is 135 Å². The molecule has 7 heteroatoms. The number of hydrogen-bond donors (Lipinski definition) is 1. The predicted octanol–water partition coefficient (Wildman–Crippen LogP) is 2.14. The first-order valence-electron chi connectivity index (χ1n) is 7.29. The van der Waals surface area contributed by atoms with Gasteiger partial charge in [-0.1, -0.05) is 0 Å². The normalized spacial score (nSPS) is 22.7. The first-order valence-corrected chi connectivity index (χ1v) is 9.11. The molecule has 1 aliphatic heterocycles. The van der Waals surface area contributed by atoms with Crippen LogP contribution in [-0.2, 0) is 9.84 Å². The Morgan fingerprint density at radius 2 is 1.87 bits per heavy atom. The highest BCUT2D eigenvalue weighted by atomic mass is 32.2. The summed E-state index contributed by atoms with van der Waals surface area (Å²) in [5, 5.41) is 2.66. The molecule has 0 aliphatic carbocycles. The lowest BCUT2D eigenvalue weighted by Gasteiger charge is -2.23. The van der Waals surface area contributed by atoms with Crippen molar-refractivity contribution in [1.29, 1.82) is 0 Å². The van der Waals surface area contributed by atoms with E-state index in [2.05, 4.69) is 5.32 Å². The molecule has 1 aromatic heterocycles. The highest BCUT2D eigenvalue weighted by Crippen LogP contribution is 2.23. The van der Waals surface area contributed by atoms with Crippen LogP contribution in [-0.4, -0.2) is 36.1 Å². The predicted molar refractivity (Wildman–Crippen MR) is 86.6 cm³/mol. The summed E-state index contributed by atoms with van der Waals surface area (Å²) in [5.41, 5.74) is 0.192. The summed E-state index contributed by atoms with van der Waals surface area (Å²) in [6, 6.07) is 10.9. The molecule has 1 amide bonds. The zero-order chi connectivity index (χ0) is 16.5. The first kappa shape index (κ1) is 15.6. The van der Waals surface area contributed by atoms with Gasteiger partial charge in [0.15, 0.2) is 9.84 Å². The Morgan fingerprint density at radius 1 is 1.22 bits per heavy atom. The van der Waals surface area contributed by atoms with Gasteiger partial charge in [-0.25, -0.2) is 13.2 Å². The Hall–Kier alpha value is -2.28. The van der Waals surface area contributed by atoms with Gasteiger partial charge >= 0.3 is 6.09 Å². The number of aromatic nitrogens is 1. The summed E-state index contributed by atoms with van der Waals surface area (Å²) < 4.78 is 30.2. The van der Waals surface area contributed by atoms with E-state index in [9.17, 15) is 13.2 Å². The zero-order valence-corrected chi connectivity index (χ0v) is 13.5. The largest absolute Gasteiger partial charge is 0.413 e. The minimum atomic E-state index is -3.08. The molecule has 1 aromatic carbocycles. The van der Waals surface area contributed by atoms with Gasteiger partial charge in [0.25, 0.3) is 0 Å². The average Bonchev–Trinajstić information content (AvgIpc) is 3.08. The van der Waals surface area contributed by atoms with Crippen LogP contribution in [0, 0.1) is 0 Å². The molecule has 1 aliphatic rings. The van der Waals surface area contributed by atoms with Crippen molar-refractivity contribution in [2.75, 3.05) is 11.5 Å². The van der Waals surface area contributed by atoms with Gasteiger partial charge < -0.3 is 14.6 Å². The van der Waals surface area contributed by atoms with Gasteiger partial charge in [0.2, 0.25) is 0 Å². The topological polar surface area (TPSA) is 77.4 Å². The lowest BCUT2D eigenvalue weighted by molar-refractivity contribution is 0.189. The first-order chi connectivity index (χ1) is 10.9. The summed E-state index contributed by atoms with van der Waals surface area (Å²) in [5.74, 6) is 0.444. The van der Waals surface area contributed by atoms with Crippen LogP contribution in [0.2, 0.25) is 0 Å². The second kappa shape index (κ2) is 5.73. The number of nitrogens with one attached hydrogen (secondary N) is 1. The summed E-state index contributed by atoms with van der Waals surface area (Å²) >= 11 is 0. The fourth-order valence-electron chi connectivity index (χ4n) is 2.68. The molecule has 6 nitrogen and oxygen atoms in total. The number of benzene rings is 1. The molecule has 0 unspecified atom stereocenters. The van der Waals surface area contributed by atoms with Crippen LogP contribution in [0.15, 0.2) is 48.8 Å². The van der Waals surface area contributed by atoms with Crippen LogP contribution in [0.25, 0.3) is 5.69 Å². The lowest BCUT2D eigenvalue weighted by atomic mass is 10.0. The molecule has 23 heavy (non-hydrogen) atoms. The maximum Gasteiger partial charge on any atom is 0.413 e. The Morgan fingerprint density at radius 3 is 2.43 bits per heavy atom. The third kappa shape index (κ3) is 3.73. The van der Waals surface area contributed by atoms with Crippen molar-refractivity contribution < 1.29 is 17.9 Å². The molecule has 1 saturated heterocycles. The molecule has 1 fully saturated rings. The van der Waals surface area contributed by atoms with E-state index in [-0.39, 0.29) is 11.5 Å². The highest BCUT2D eigenvalue weighted by Gasteiger charge is 2.39. The molecule has 122 valence electrons. The number of amides is 1. The Bertz CT molecular complexity index is 797. The molecule has 3 rings (SSSR count). The van der Waals surface area contributed by atoms with E-state index in [0.717, 1.165) is 5.69 Å². The van der Waals surface area contributed by atoms with E-state index in [4.69, 9.17) is 4.74 Å². The van der Waals surface area contributed by atoms with Gasteiger partial charge in [-0.2, -0.15) is 0 Å². The van der Waals surface area contributed by atoms with Crippen LogP contribution in [0.4, 0.5) is 4.79 Å². The van der Waals surface area contributed by atoms with Crippen LogP contribution in [0.3, 0.4) is 0 Å². The molecule has 0 saturated carbocycles. The molecule has 0 bridgehead atoms. The van der Waals surface area contributed by atoms with Crippen molar-refractivity contribution in [1.82, 2.24) is 9.88 Å². The van der Waals surface area contributed by atoms with Gasteiger partial charge in [-0.3, -0.25) is 0 Å². The maximum absolute atomic E-state index is 12.0. The van der Waals surface area contributed by atoms with Gasteiger partial charge in [-0.15, -0.1) is 0 Å². The molecular weight excluding hydrogens is 316 g/mol. The Balaban J connectivity index is 1.62. The van der Waals surface area contributed by atoms with Gasteiger partial charge in [0.1, 0.15) is 5.75 Å². The molecular formula is C16H18N2O4S. The number of hydrogen-bond acceptors (Lipinski definition) is 4. The van der Waals surface area contributed by atoms with E-state index in [1.165, 1.54) is 0 Å². The minimum absolute atomic E-state index is 0.0539. The van der Waals surface area contributed by atoms with E-state index in [1.807, 2.05) is 41.2 Å². The molecule has 2 aromatic rings. The Kier molecular flexibility index (Phi) is 3.89. The maximum atomic E-state index is 12.0. The van der Waals surface area contributed by atoms with Crippen molar-refractivity contribution in [3.05, 3.63) is 48.8 Å². The number of ether oxygens (including phenoxy) is 1. The second-order valence-electron chi connectivity index (χ2n) is 6.00. The molecule has 0 spiro atoms. The molecule has 1 N–H and O–H groups in total. The summed E-state index contributed by atoms with van der Waals surface area (Å²) in [6.45, 7) is 1.72. The van der Waals surface area contributed by atoms with E-state index < -0.39 is 21.5 Å². The molecule has 0 radical (unpaired) electrons. The quantitative estimate of drug-likeness (QED) is 0.933. The minimum Gasteiger partial charge on any atom is -0.410 e. The van der Waals surface area contributed by atoms with E-state index >= 15 is 0 Å². The van der Waals surface area contributed by atoms with Crippen LogP contribution in [0.5, 0.6) is 5.75 Å². The van der Waals surface area contributed by atoms with Crippen molar-refractivity contribution in [2.24, 2.45) is 0 Å². The lowest BCUT2D eigenvalue weighted by Crippen LogP contribution is -2.48. The summed E-state index contributed by atoms with van der Waals surface area (Å²) in [4.78, 5) is 12.0. The van der Waals surface area contributed by atoms with Crippen molar-refractivity contribution in [3.8, 4) is 11.4 Å². The standard InChI is InChI=1S/C16H18N2O4S/c1-16(8-11-23(20,21)12-16)17-15(19)22-14-6-4-13(5-7-14)18-9-2-3-10-18/h2-7,9-10H,8,11-12H2,1H3,(H,17,19)/t16-/m0/s1. The number of nitrogens with zero attached hydrogens (tertiary/aromatic N) is 1. The monoisotopic (exact) mass is 334 g/mol. The van der Waals surface area contributed by atoms with Gasteiger partial charge in [0, 0.05) is 18.1 Å². The summed E-state index contributed by atoms with van der Waals surface area (Å²) in [7, 11) is -3.08. The van der Waals surface area contributed by atoms with Gasteiger partial charge in [0.05, 0.1) is 17.0 Å². The van der Waals surface area contributed by atoms with Crippen LogP contribution in [0.1, 0.15) is 13.3 Å². The smallest absolute Gasteiger partial charge is 0.410 e. The fourth-order valence-corrected chi connectivity index (χ4v) is 4.77. The van der Waals surface area contributed by atoms with Gasteiger partial charge in [-0.05, 0) is 49.7 Å². The highest BCUT2D eigenvalue weighted by molar-refractivity contribution is 7.91. The van der Waals surface area contributed by atoms with Crippen molar-refractivity contribution in [3.63, 3.8) is 0 Å². The van der Waals surface area contributed by atoms with Crippen molar-refractivity contribution in [2.45, 2.75) is 18.9 Å². The van der Waals surface area contributed by atoms with E-state index in [0.29, 0.717) is 12.2 Å². The van der Waals surface area contributed by atoms with Crippen molar-refractivity contribution >= 4 is 15.9 Å². The number of sulfone groups is 1. The second-order valence-corrected chi connectivity index (χ2v) is 8.19. The van der Waals surface area contributed by atoms with Crippen LogP contribution >= 0.6 is 0 Å². The average molecular weight is 334 g/mol. The number of carbonyl (C=O) groups excluding carboxylic acids is 1. The van der Waals surface area contributed by atoms with E-state index in [1.54, 1.807) is 19.1 Å². The number of carbonyl (C=O) groups is 1. The zero-order valence-electron chi connectivity index (χ0n) is 12.7. The molecule has 1 atom stereocenters. The fraction of sp³-hybridized carbons (Fsp3) is 0.312. The number of rotatable bonds is 3. The SMILES string of the molecule is C[C@]1(NC(=O)Oc2ccc(-n3cccc3)cc2)CCS(=O)(=O)C1. The van der Waals surface area contributed by atoms with Crippen LogP contribution < -0.4 is 10.1 Å². The third-order valence-corrected chi connectivity index (χ3v) is 5.76.